The molecule has 0 aromatic carbocycles. The highest BCUT2D eigenvalue weighted by Crippen LogP contribution is 2.14. The molecule has 82 valence electrons. The standard InChI is InChI=1S/C8H7N5O3/c1-11-5-9-8(7(11)4-14)12-3-6(2-10-12)13(15)16/h2-5H,1H3. The summed E-state index contributed by atoms with van der Waals surface area (Å²) in [5, 5.41) is 14.2. The molecule has 0 amide bonds. The van der Waals surface area contributed by atoms with E-state index >= 15 is 0 Å². The largest absolute Gasteiger partial charge is 0.330 e. The summed E-state index contributed by atoms with van der Waals surface area (Å²) in [6.07, 6.45) is 4.36. The summed E-state index contributed by atoms with van der Waals surface area (Å²) in [6, 6.07) is 0. The summed E-state index contributed by atoms with van der Waals surface area (Å²) in [7, 11) is 1.65. The first-order valence-electron chi connectivity index (χ1n) is 4.29. The first-order chi connectivity index (χ1) is 7.63. The third-order valence-electron chi connectivity index (χ3n) is 2.07. The quantitative estimate of drug-likeness (QED) is 0.422. The molecule has 0 saturated heterocycles. The van der Waals surface area contributed by atoms with Gasteiger partial charge >= 0.3 is 5.69 Å². The lowest BCUT2D eigenvalue weighted by molar-refractivity contribution is -0.384. The first-order valence-corrected chi connectivity index (χ1v) is 4.29. The lowest BCUT2D eigenvalue weighted by atomic mass is 10.4. The number of aldehydes is 1. The van der Waals surface area contributed by atoms with Crippen LogP contribution >= 0.6 is 0 Å². The summed E-state index contributed by atoms with van der Waals surface area (Å²) < 4.78 is 2.71. The predicted octanol–water partition coefficient (Wildman–Crippen LogP) is 0.326. The summed E-state index contributed by atoms with van der Waals surface area (Å²) in [4.78, 5) is 24.6. The zero-order chi connectivity index (χ0) is 11.7. The number of carbonyl (C=O) groups is 1. The van der Waals surface area contributed by atoms with E-state index in [0.29, 0.717) is 12.0 Å². The molecule has 0 atom stereocenters. The number of hydrogen-bond donors (Lipinski definition) is 0. The number of aryl methyl sites for hydroxylation is 1. The Bertz CT molecular complexity index is 556. The van der Waals surface area contributed by atoms with Crippen LogP contribution in [0.1, 0.15) is 10.5 Å². The van der Waals surface area contributed by atoms with Gasteiger partial charge in [0.05, 0.1) is 11.3 Å². The average Bonchev–Trinajstić information content (AvgIpc) is 2.83. The highest BCUT2D eigenvalue weighted by atomic mass is 16.6. The van der Waals surface area contributed by atoms with E-state index < -0.39 is 4.92 Å². The van der Waals surface area contributed by atoms with Crippen LogP contribution in [0.15, 0.2) is 18.7 Å². The molecule has 0 aliphatic heterocycles. The van der Waals surface area contributed by atoms with Gasteiger partial charge in [0, 0.05) is 7.05 Å². The van der Waals surface area contributed by atoms with E-state index in [1.54, 1.807) is 7.05 Å². The number of aromatic nitrogens is 4. The minimum atomic E-state index is -0.562. The lowest BCUT2D eigenvalue weighted by Gasteiger charge is -1.96. The molecule has 0 radical (unpaired) electrons. The molecule has 2 aromatic rings. The highest BCUT2D eigenvalue weighted by molar-refractivity contribution is 5.77. The minimum Gasteiger partial charge on any atom is -0.330 e. The van der Waals surface area contributed by atoms with E-state index in [1.807, 2.05) is 0 Å². The van der Waals surface area contributed by atoms with Gasteiger partial charge in [-0.1, -0.05) is 0 Å². The number of carbonyl (C=O) groups excluding carboxylic acids is 1. The zero-order valence-electron chi connectivity index (χ0n) is 8.27. The maximum absolute atomic E-state index is 10.8. The Hall–Kier alpha value is -2.51. The molecule has 8 nitrogen and oxygen atoms in total. The van der Waals surface area contributed by atoms with Gasteiger partial charge in [0.15, 0.2) is 12.1 Å². The van der Waals surface area contributed by atoms with Gasteiger partial charge < -0.3 is 4.57 Å². The molecule has 0 saturated carbocycles. The van der Waals surface area contributed by atoms with E-state index in [9.17, 15) is 14.9 Å². The van der Waals surface area contributed by atoms with Gasteiger partial charge in [-0.2, -0.15) is 5.10 Å². The molecule has 2 aromatic heterocycles. The fraction of sp³-hybridized carbons (Fsp3) is 0.125. The van der Waals surface area contributed by atoms with Gasteiger partial charge in [-0.3, -0.25) is 14.9 Å². The van der Waals surface area contributed by atoms with Gasteiger partial charge in [-0.15, -0.1) is 0 Å². The number of hydrogen-bond acceptors (Lipinski definition) is 5. The van der Waals surface area contributed by atoms with Crippen LogP contribution in [0.4, 0.5) is 5.69 Å². The number of nitrogens with zero attached hydrogens (tertiary/aromatic N) is 5. The third kappa shape index (κ3) is 1.45. The Labute approximate surface area is 89.3 Å². The topological polar surface area (TPSA) is 95.8 Å². The molecule has 0 spiro atoms. The second-order valence-electron chi connectivity index (χ2n) is 3.08. The zero-order valence-corrected chi connectivity index (χ0v) is 8.27. The first kappa shape index (κ1) is 10.0. The van der Waals surface area contributed by atoms with E-state index in [-0.39, 0.29) is 11.5 Å². The van der Waals surface area contributed by atoms with Crippen LogP contribution < -0.4 is 0 Å². The van der Waals surface area contributed by atoms with Crippen LogP contribution in [0, 0.1) is 10.1 Å². The van der Waals surface area contributed by atoms with E-state index in [1.165, 1.54) is 21.8 Å². The fourth-order valence-electron chi connectivity index (χ4n) is 1.26. The van der Waals surface area contributed by atoms with Crippen LogP contribution in [0.2, 0.25) is 0 Å². The summed E-state index contributed by atoms with van der Waals surface area (Å²) in [5.41, 5.74) is 0.153. The Balaban J connectivity index is 2.50. The van der Waals surface area contributed by atoms with Crippen LogP contribution in [-0.4, -0.2) is 30.5 Å². The Morgan fingerprint density at radius 3 is 2.88 bits per heavy atom. The monoisotopic (exact) mass is 221 g/mol. The van der Waals surface area contributed by atoms with Crippen molar-refractivity contribution in [1.82, 2.24) is 19.3 Å². The molecular formula is C8H7N5O3. The fourth-order valence-corrected chi connectivity index (χ4v) is 1.26. The summed E-state index contributed by atoms with van der Waals surface area (Å²) in [6.45, 7) is 0. The van der Waals surface area contributed by atoms with Crippen LogP contribution in [0.25, 0.3) is 5.82 Å². The van der Waals surface area contributed by atoms with E-state index in [0.717, 1.165) is 6.20 Å². The van der Waals surface area contributed by atoms with Gasteiger partial charge in [0.25, 0.3) is 0 Å². The van der Waals surface area contributed by atoms with Crippen molar-refractivity contribution in [2.24, 2.45) is 7.05 Å². The number of nitro groups is 1. The van der Waals surface area contributed by atoms with Crippen molar-refractivity contribution in [3.8, 4) is 5.82 Å². The average molecular weight is 221 g/mol. The molecule has 2 heterocycles. The van der Waals surface area contributed by atoms with Crippen molar-refractivity contribution >= 4 is 12.0 Å². The Morgan fingerprint density at radius 2 is 2.31 bits per heavy atom. The molecule has 0 aliphatic rings. The van der Waals surface area contributed by atoms with Crippen LogP contribution in [-0.2, 0) is 7.05 Å². The second kappa shape index (κ2) is 3.57. The van der Waals surface area contributed by atoms with Crippen LogP contribution in [0.5, 0.6) is 0 Å². The van der Waals surface area contributed by atoms with Crippen LogP contribution in [0.3, 0.4) is 0 Å². The highest BCUT2D eigenvalue weighted by Gasteiger charge is 2.15. The smallest absolute Gasteiger partial charge is 0.307 e. The van der Waals surface area contributed by atoms with Crippen molar-refractivity contribution in [1.29, 1.82) is 0 Å². The van der Waals surface area contributed by atoms with Crippen molar-refractivity contribution < 1.29 is 9.72 Å². The van der Waals surface area contributed by atoms with Gasteiger partial charge in [-0.25, -0.2) is 9.67 Å². The minimum absolute atomic E-state index is 0.150. The normalized spacial score (nSPS) is 10.3. The molecule has 0 fully saturated rings. The van der Waals surface area contributed by atoms with Crippen molar-refractivity contribution in [3.63, 3.8) is 0 Å². The molecule has 0 unspecified atom stereocenters. The van der Waals surface area contributed by atoms with E-state index in [2.05, 4.69) is 10.1 Å². The summed E-state index contributed by atoms with van der Waals surface area (Å²) >= 11 is 0. The SMILES string of the molecule is Cn1cnc(-n2cc([N+](=O)[O-])cn2)c1C=O. The Morgan fingerprint density at radius 1 is 1.56 bits per heavy atom. The Kier molecular flexibility index (Phi) is 2.24. The van der Waals surface area contributed by atoms with Crippen molar-refractivity contribution in [2.75, 3.05) is 0 Å². The second-order valence-corrected chi connectivity index (χ2v) is 3.08. The summed E-state index contributed by atoms with van der Waals surface area (Å²) in [5.74, 6) is 0.269. The van der Waals surface area contributed by atoms with E-state index in [4.69, 9.17) is 0 Å². The molecule has 8 heteroatoms. The molecule has 0 aliphatic carbocycles. The molecule has 0 N–H and O–H groups in total. The molecule has 16 heavy (non-hydrogen) atoms. The van der Waals surface area contributed by atoms with Crippen molar-refractivity contribution in [3.05, 3.63) is 34.5 Å². The molecule has 0 bridgehead atoms. The maximum atomic E-state index is 10.8. The van der Waals surface area contributed by atoms with Gasteiger partial charge in [-0.05, 0) is 0 Å². The van der Waals surface area contributed by atoms with Crippen molar-refractivity contribution in [2.45, 2.75) is 0 Å². The predicted molar refractivity (Wildman–Crippen MR) is 52.4 cm³/mol. The lowest BCUT2D eigenvalue weighted by Crippen LogP contribution is -2.01. The molecular weight excluding hydrogens is 214 g/mol. The van der Waals surface area contributed by atoms with Gasteiger partial charge in [0.1, 0.15) is 18.1 Å². The number of rotatable bonds is 3. The number of imidazole rings is 1. The maximum Gasteiger partial charge on any atom is 0.307 e. The van der Waals surface area contributed by atoms with Gasteiger partial charge in [0.2, 0.25) is 0 Å². The third-order valence-corrected chi connectivity index (χ3v) is 2.07. The molecule has 2 rings (SSSR count).